The normalized spacial score (nSPS) is 13.9. The Morgan fingerprint density at radius 1 is 0.969 bits per heavy atom. The first kappa shape index (κ1) is 19.8. The van der Waals surface area contributed by atoms with Gasteiger partial charge in [0.15, 0.2) is 0 Å². The number of piperazine rings is 1. The summed E-state index contributed by atoms with van der Waals surface area (Å²) in [5.74, 6) is 2.26. The number of benzene rings is 2. The Balaban J connectivity index is 1.39. The van der Waals surface area contributed by atoms with E-state index in [1.165, 1.54) is 6.33 Å². The minimum atomic E-state index is -0.0909. The fourth-order valence-electron chi connectivity index (χ4n) is 3.89. The van der Waals surface area contributed by atoms with E-state index in [-0.39, 0.29) is 6.03 Å². The molecule has 0 aliphatic carbocycles. The predicted molar refractivity (Wildman–Crippen MR) is 122 cm³/mol. The molecule has 9 heteroatoms. The highest BCUT2D eigenvalue weighted by atomic mass is 16.5. The number of methoxy groups -OCH3 is 1. The molecule has 2 aromatic heterocycles. The van der Waals surface area contributed by atoms with Crippen molar-refractivity contribution in [3.8, 4) is 16.9 Å². The molecule has 9 nitrogen and oxygen atoms in total. The van der Waals surface area contributed by atoms with E-state index >= 15 is 0 Å². The number of hydrogen-bond donors (Lipinski definition) is 1. The summed E-state index contributed by atoms with van der Waals surface area (Å²) in [6, 6.07) is 17.3. The summed E-state index contributed by atoms with van der Waals surface area (Å²) in [7, 11) is 1.65. The second-order valence-electron chi connectivity index (χ2n) is 7.47. The van der Waals surface area contributed by atoms with Crippen LogP contribution in [0.4, 0.5) is 16.3 Å². The van der Waals surface area contributed by atoms with Crippen molar-refractivity contribution in [1.82, 2.24) is 24.5 Å². The molecule has 1 saturated heterocycles. The van der Waals surface area contributed by atoms with E-state index in [0.29, 0.717) is 32.0 Å². The first-order valence-electron chi connectivity index (χ1n) is 10.4. The van der Waals surface area contributed by atoms with Crippen molar-refractivity contribution >= 4 is 23.3 Å². The Bertz CT molecular complexity index is 1220. The van der Waals surface area contributed by atoms with Crippen molar-refractivity contribution in [2.45, 2.75) is 0 Å². The van der Waals surface area contributed by atoms with Crippen LogP contribution in [0.2, 0.25) is 0 Å². The van der Waals surface area contributed by atoms with Crippen molar-refractivity contribution in [1.29, 1.82) is 0 Å². The van der Waals surface area contributed by atoms with E-state index in [1.54, 1.807) is 11.6 Å². The topological polar surface area (TPSA) is 87.9 Å². The highest BCUT2D eigenvalue weighted by Crippen LogP contribution is 2.32. The molecule has 1 N–H and O–H groups in total. The molecule has 3 heterocycles. The quantitative estimate of drug-likeness (QED) is 0.536. The summed E-state index contributed by atoms with van der Waals surface area (Å²) < 4.78 is 7.05. The molecule has 4 aromatic rings. The van der Waals surface area contributed by atoms with Gasteiger partial charge in [-0.2, -0.15) is 14.6 Å². The monoisotopic (exact) mass is 429 g/mol. The number of carbonyl (C=O) groups excluding carboxylic acids is 1. The molecule has 1 aliphatic rings. The zero-order valence-electron chi connectivity index (χ0n) is 17.7. The van der Waals surface area contributed by atoms with Crippen LogP contribution in [-0.4, -0.2) is 63.8 Å². The van der Waals surface area contributed by atoms with E-state index in [1.807, 2.05) is 65.7 Å². The number of hydrogen-bond acceptors (Lipinski definition) is 6. The summed E-state index contributed by atoms with van der Waals surface area (Å²) in [6.07, 6.45) is 3.34. The third kappa shape index (κ3) is 3.80. The summed E-state index contributed by atoms with van der Waals surface area (Å²) in [4.78, 5) is 25.4. The average Bonchev–Trinajstić information content (AvgIpc) is 3.33. The molecule has 0 atom stereocenters. The summed E-state index contributed by atoms with van der Waals surface area (Å²) >= 11 is 0. The zero-order valence-corrected chi connectivity index (χ0v) is 17.7. The van der Waals surface area contributed by atoms with Crippen molar-refractivity contribution in [2.24, 2.45) is 0 Å². The molecule has 0 saturated carbocycles. The molecule has 2 amide bonds. The number of rotatable bonds is 4. The number of carbonyl (C=O) groups is 1. The van der Waals surface area contributed by atoms with Gasteiger partial charge in [0.1, 0.15) is 17.9 Å². The SMILES string of the molecule is COc1ccc(-c2cnc3ncnn3c2N2CCN(C(=O)Nc3ccccc3)CC2)cc1. The molecule has 1 fully saturated rings. The standard InChI is InChI=1S/C23H23N7O2/c1-32-19-9-7-17(8-10-19)20-15-24-22-25-16-26-30(22)21(20)28-11-13-29(14-12-28)23(31)27-18-5-3-2-4-6-18/h2-10,15-16H,11-14H2,1H3,(H,27,31). The van der Waals surface area contributed by atoms with Crippen molar-refractivity contribution < 1.29 is 9.53 Å². The number of aromatic nitrogens is 4. The largest absolute Gasteiger partial charge is 0.497 e. The van der Waals surface area contributed by atoms with Gasteiger partial charge in [0.2, 0.25) is 0 Å². The lowest BCUT2D eigenvalue weighted by Crippen LogP contribution is -2.50. The molecule has 0 unspecified atom stereocenters. The van der Waals surface area contributed by atoms with Crippen LogP contribution in [0.3, 0.4) is 0 Å². The van der Waals surface area contributed by atoms with Crippen LogP contribution in [0.5, 0.6) is 5.75 Å². The first-order chi connectivity index (χ1) is 15.7. The van der Waals surface area contributed by atoms with Gasteiger partial charge in [-0.05, 0) is 29.8 Å². The Kier molecular flexibility index (Phi) is 5.29. The van der Waals surface area contributed by atoms with E-state index in [0.717, 1.165) is 28.4 Å². The molecular weight excluding hydrogens is 406 g/mol. The Labute approximate surface area is 185 Å². The van der Waals surface area contributed by atoms with Crippen LogP contribution >= 0.6 is 0 Å². The maximum absolute atomic E-state index is 12.7. The third-order valence-electron chi connectivity index (χ3n) is 5.57. The minimum Gasteiger partial charge on any atom is -0.497 e. The summed E-state index contributed by atoms with van der Waals surface area (Å²) in [5, 5.41) is 7.37. The maximum atomic E-state index is 12.7. The van der Waals surface area contributed by atoms with E-state index in [9.17, 15) is 4.79 Å². The number of fused-ring (bicyclic) bond motifs is 1. The number of nitrogens with one attached hydrogen (secondary N) is 1. The number of nitrogens with zero attached hydrogens (tertiary/aromatic N) is 6. The number of ether oxygens (including phenoxy) is 1. The number of anilines is 2. The highest BCUT2D eigenvalue weighted by molar-refractivity contribution is 5.89. The van der Waals surface area contributed by atoms with Gasteiger partial charge in [0.25, 0.3) is 5.78 Å². The molecule has 162 valence electrons. The van der Waals surface area contributed by atoms with Gasteiger partial charge >= 0.3 is 6.03 Å². The smallest absolute Gasteiger partial charge is 0.321 e. The van der Waals surface area contributed by atoms with Crippen molar-refractivity contribution in [3.05, 3.63) is 67.1 Å². The molecule has 0 radical (unpaired) electrons. The maximum Gasteiger partial charge on any atom is 0.321 e. The number of para-hydroxylation sites is 1. The predicted octanol–water partition coefficient (Wildman–Crippen LogP) is 3.15. The van der Waals surface area contributed by atoms with Gasteiger partial charge in [-0.3, -0.25) is 0 Å². The summed E-state index contributed by atoms with van der Waals surface area (Å²) in [5.41, 5.74) is 2.75. The first-order valence-corrected chi connectivity index (χ1v) is 10.4. The molecule has 32 heavy (non-hydrogen) atoms. The Morgan fingerprint density at radius 3 is 2.44 bits per heavy atom. The van der Waals surface area contributed by atoms with Crippen LogP contribution in [-0.2, 0) is 0 Å². The zero-order chi connectivity index (χ0) is 21.9. The van der Waals surface area contributed by atoms with Crippen LogP contribution in [0.15, 0.2) is 67.1 Å². The van der Waals surface area contributed by atoms with Gasteiger partial charge in [-0.15, -0.1) is 0 Å². The van der Waals surface area contributed by atoms with Crippen molar-refractivity contribution in [3.63, 3.8) is 0 Å². The Morgan fingerprint density at radius 2 is 1.72 bits per heavy atom. The lowest BCUT2D eigenvalue weighted by molar-refractivity contribution is 0.208. The molecule has 2 aromatic carbocycles. The lowest BCUT2D eigenvalue weighted by atomic mass is 10.1. The minimum absolute atomic E-state index is 0.0909. The van der Waals surface area contributed by atoms with E-state index in [4.69, 9.17) is 4.74 Å². The molecule has 0 spiro atoms. The molecule has 5 rings (SSSR count). The summed E-state index contributed by atoms with van der Waals surface area (Å²) in [6.45, 7) is 2.53. The van der Waals surface area contributed by atoms with E-state index < -0.39 is 0 Å². The van der Waals surface area contributed by atoms with Crippen LogP contribution in [0.1, 0.15) is 0 Å². The lowest BCUT2D eigenvalue weighted by Gasteiger charge is -2.36. The van der Waals surface area contributed by atoms with Crippen LogP contribution < -0.4 is 15.0 Å². The number of amides is 2. The van der Waals surface area contributed by atoms with Crippen LogP contribution in [0, 0.1) is 0 Å². The van der Waals surface area contributed by atoms with Gasteiger partial charge < -0.3 is 19.9 Å². The van der Waals surface area contributed by atoms with Crippen LogP contribution in [0.25, 0.3) is 16.9 Å². The van der Waals surface area contributed by atoms with Gasteiger partial charge in [0.05, 0.1) is 7.11 Å². The van der Waals surface area contributed by atoms with Crippen molar-refractivity contribution in [2.75, 3.05) is 43.5 Å². The fourth-order valence-corrected chi connectivity index (χ4v) is 3.89. The van der Waals surface area contributed by atoms with Gasteiger partial charge in [0, 0.05) is 43.6 Å². The fraction of sp³-hybridized carbons (Fsp3) is 0.217. The Hall–Kier alpha value is -4.14. The molecular formula is C23H23N7O2. The number of urea groups is 1. The second kappa shape index (κ2) is 8.54. The average molecular weight is 429 g/mol. The molecule has 1 aliphatic heterocycles. The third-order valence-corrected chi connectivity index (χ3v) is 5.57. The van der Waals surface area contributed by atoms with Gasteiger partial charge in [-0.25, -0.2) is 9.78 Å². The highest BCUT2D eigenvalue weighted by Gasteiger charge is 2.25. The van der Waals surface area contributed by atoms with E-state index in [2.05, 4.69) is 25.3 Å². The molecule has 0 bridgehead atoms. The second-order valence-corrected chi connectivity index (χ2v) is 7.47. The van der Waals surface area contributed by atoms with Gasteiger partial charge in [-0.1, -0.05) is 30.3 Å².